The number of aliphatic hydroxyl groups is 1. The fourth-order valence-electron chi connectivity index (χ4n) is 0.940. The lowest BCUT2D eigenvalue weighted by atomic mass is 10.1. The smallest absolute Gasteiger partial charge is 0.118 e. The van der Waals surface area contributed by atoms with Gasteiger partial charge < -0.3 is 10.2 Å². The van der Waals surface area contributed by atoms with Crippen molar-refractivity contribution in [3.63, 3.8) is 0 Å². The predicted octanol–water partition coefficient (Wildman–Crippen LogP) is 1.24. The van der Waals surface area contributed by atoms with Crippen LogP contribution in [-0.4, -0.2) is 16.8 Å². The van der Waals surface area contributed by atoms with Gasteiger partial charge in [0.1, 0.15) is 5.75 Å². The summed E-state index contributed by atoms with van der Waals surface area (Å²) >= 11 is 0. The van der Waals surface area contributed by atoms with E-state index in [0.29, 0.717) is 12.2 Å². The Morgan fingerprint density at radius 3 is 2.64 bits per heavy atom. The monoisotopic (exact) mass is 152 g/mol. The Labute approximate surface area is 66.1 Å². The molecule has 0 aromatic heterocycles. The molecule has 0 aliphatic heterocycles. The van der Waals surface area contributed by atoms with Crippen molar-refractivity contribution in [3.8, 4) is 5.75 Å². The number of aryl methyl sites for hydroxylation is 1. The van der Waals surface area contributed by atoms with Crippen LogP contribution in [0.25, 0.3) is 0 Å². The lowest BCUT2D eigenvalue weighted by Crippen LogP contribution is -1.90. The summed E-state index contributed by atoms with van der Waals surface area (Å²) in [7, 11) is 0. The summed E-state index contributed by atoms with van der Waals surface area (Å²) < 4.78 is 0. The van der Waals surface area contributed by atoms with Gasteiger partial charge >= 0.3 is 0 Å². The second kappa shape index (κ2) is 3.39. The average molecular weight is 152 g/mol. The Balaban J connectivity index is 2.86. The van der Waals surface area contributed by atoms with Crippen LogP contribution >= 0.6 is 0 Å². The molecule has 11 heavy (non-hydrogen) atoms. The highest BCUT2D eigenvalue weighted by molar-refractivity contribution is 5.35. The average Bonchev–Trinajstić information content (AvgIpc) is 1.98. The second-order valence-electron chi connectivity index (χ2n) is 2.59. The molecule has 0 radical (unpaired) electrons. The van der Waals surface area contributed by atoms with E-state index in [1.165, 1.54) is 0 Å². The number of rotatable bonds is 2. The van der Waals surface area contributed by atoms with E-state index in [1.807, 2.05) is 19.1 Å². The first-order chi connectivity index (χ1) is 5.24. The number of hydrogen-bond donors (Lipinski definition) is 2. The van der Waals surface area contributed by atoms with Gasteiger partial charge in [-0.1, -0.05) is 12.1 Å². The van der Waals surface area contributed by atoms with Crippen LogP contribution in [0, 0.1) is 6.92 Å². The molecule has 0 atom stereocenters. The highest BCUT2D eigenvalue weighted by Gasteiger charge is 1.96. The van der Waals surface area contributed by atoms with Crippen molar-refractivity contribution in [2.75, 3.05) is 6.61 Å². The molecule has 0 unspecified atom stereocenters. The van der Waals surface area contributed by atoms with Gasteiger partial charge in [0, 0.05) is 6.61 Å². The Bertz CT molecular complexity index is 243. The van der Waals surface area contributed by atoms with Crippen LogP contribution in [0.4, 0.5) is 0 Å². The van der Waals surface area contributed by atoms with Gasteiger partial charge in [0.05, 0.1) is 0 Å². The molecule has 2 heteroatoms. The summed E-state index contributed by atoms with van der Waals surface area (Å²) in [6, 6.07) is 5.44. The van der Waals surface area contributed by atoms with Crippen LogP contribution in [0.15, 0.2) is 18.2 Å². The van der Waals surface area contributed by atoms with E-state index in [0.717, 1.165) is 11.1 Å². The van der Waals surface area contributed by atoms with E-state index in [-0.39, 0.29) is 6.61 Å². The zero-order valence-electron chi connectivity index (χ0n) is 6.54. The zero-order chi connectivity index (χ0) is 8.27. The molecule has 0 bridgehead atoms. The molecule has 0 fully saturated rings. The third-order valence-corrected chi connectivity index (χ3v) is 1.67. The Hall–Kier alpha value is -1.02. The highest BCUT2D eigenvalue weighted by atomic mass is 16.3. The number of benzene rings is 1. The fourth-order valence-corrected chi connectivity index (χ4v) is 0.940. The minimum atomic E-state index is 0.127. The highest BCUT2D eigenvalue weighted by Crippen LogP contribution is 2.17. The predicted molar refractivity (Wildman–Crippen MR) is 43.6 cm³/mol. The van der Waals surface area contributed by atoms with Crippen LogP contribution in [0.1, 0.15) is 11.1 Å². The largest absolute Gasteiger partial charge is 0.508 e. The molecule has 0 saturated carbocycles. The Morgan fingerprint density at radius 1 is 1.36 bits per heavy atom. The van der Waals surface area contributed by atoms with Crippen LogP contribution in [0.5, 0.6) is 5.75 Å². The topological polar surface area (TPSA) is 40.5 Å². The SMILES string of the molecule is Cc1ccc(CCO)cc1O. The van der Waals surface area contributed by atoms with Gasteiger partial charge in [-0.15, -0.1) is 0 Å². The lowest BCUT2D eigenvalue weighted by Gasteiger charge is -2.01. The molecule has 1 rings (SSSR count). The normalized spacial score (nSPS) is 10.0. The van der Waals surface area contributed by atoms with Gasteiger partial charge in [-0.05, 0) is 30.5 Å². The van der Waals surface area contributed by atoms with Crippen LogP contribution in [-0.2, 0) is 6.42 Å². The maximum absolute atomic E-state index is 9.25. The van der Waals surface area contributed by atoms with Crippen molar-refractivity contribution < 1.29 is 10.2 Å². The minimum absolute atomic E-state index is 0.127. The van der Waals surface area contributed by atoms with Crippen LogP contribution in [0.2, 0.25) is 0 Å². The summed E-state index contributed by atoms with van der Waals surface area (Å²) in [6.45, 7) is 1.97. The first-order valence-electron chi connectivity index (χ1n) is 3.63. The summed E-state index contributed by atoms with van der Waals surface area (Å²) in [5, 5.41) is 17.8. The molecule has 2 N–H and O–H groups in total. The maximum atomic E-state index is 9.25. The van der Waals surface area contributed by atoms with Gasteiger partial charge in [-0.3, -0.25) is 0 Å². The molecule has 0 heterocycles. The van der Waals surface area contributed by atoms with Gasteiger partial charge in [0.25, 0.3) is 0 Å². The van der Waals surface area contributed by atoms with Crippen LogP contribution < -0.4 is 0 Å². The van der Waals surface area contributed by atoms with E-state index >= 15 is 0 Å². The molecular weight excluding hydrogens is 140 g/mol. The summed E-state index contributed by atoms with van der Waals surface area (Å²) in [5.41, 5.74) is 1.84. The molecule has 0 aliphatic rings. The molecule has 0 saturated heterocycles. The Kier molecular flexibility index (Phi) is 2.49. The molecule has 2 nitrogen and oxygen atoms in total. The summed E-state index contributed by atoms with van der Waals surface area (Å²) in [4.78, 5) is 0. The van der Waals surface area contributed by atoms with Gasteiger partial charge in [-0.25, -0.2) is 0 Å². The van der Waals surface area contributed by atoms with Crippen molar-refractivity contribution in [2.45, 2.75) is 13.3 Å². The Morgan fingerprint density at radius 2 is 2.09 bits per heavy atom. The second-order valence-corrected chi connectivity index (χ2v) is 2.59. The maximum Gasteiger partial charge on any atom is 0.118 e. The first kappa shape index (κ1) is 8.08. The lowest BCUT2D eigenvalue weighted by molar-refractivity contribution is 0.299. The van der Waals surface area contributed by atoms with E-state index in [2.05, 4.69) is 0 Å². The van der Waals surface area contributed by atoms with Crippen molar-refractivity contribution in [1.29, 1.82) is 0 Å². The number of phenols is 1. The van der Waals surface area contributed by atoms with Crippen molar-refractivity contribution in [3.05, 3.63) is 29.3 Å². The quantitative estimate of drug-likeness (QED) is 0.669. The molecule has 1 aromatic carbocycles. The molecular formula is C9H12O2. The molecule has 60 valence electrons. The standard InChI is InChI=1S/C9H12O2/c1-7-2-3-8(4-5-10)6-9(7)11/h2-3,6,10-11H,4-5H2,1H3. The van der Waals surface area contributed by atoms with Crippen molar-refractivity contribution in [1.82, 2.24) is 0 Å². The molecule has 0 aliphatic carbocycles. The number of aromatic hydroxyl groups is 1. The third-order valence-electron chi connectivity index (χ3n) is 1.67. The number of aliphatic hydroxyl groups excluding tert-OH is 1. The van der Waals surface area contributed by atoms with Gasteiger partial charge in [0.2, 0.25) is 0 Å². The van der Waals surface area contributed by atoms with Crippen LogP contribution in [0.3, 0.4) is 0 Å². The zero-order valence-corrected chi connectivity index (χ0v) is 6.54. The molecule has 1 aromatic rings. The van der Waals surface area contributed by atoms with E-state index in [1.54, 1.807) is 6.07 Å². The van der Waals surface area contributed by atoms with Crippen molar-refractivity contribution >= 4 is 0 Å². The minimum Gasteiger partial charge on any atom is -0.508 e. The van der Waals surface area contributed by atoms with Gasteiger partial charge in [-0.2, -0.15) is 0 Å². The molecule has 0 amide bonds. The van der Waals surface area contributed by atoms with E-state index in [9.17, 15) is 5.11 Å². The van der Waals surface area contributed by atoms with E-state index in [4.69, 9.17) is 5.11 Å². The van der Waals surface area contributed by atoms with Gasteiger partial charge in [0.15, 0.2) is 0 Å². The third kappa shape index (κ3) is 1.95. The number of phenolic OH excluding ortho intramolecular Hbond substituents is 1. The molecule has 0 spiro atoms. The summed E-state index contributed by atoms with van der Waals surface area (Å²) in [5.74, 6) is 0.302. The van der Waals surface area contributed by atoms with Crippen molar-refractivity contribution in [2.24, 2.45) is 0 Å². The fraction of sp³-hybridized carbons (Fsp3) is 0.333. The first-order valence-corrected chi connectivity index (χ1v) is 3.63. The summed E-state index contributed by atoms with van der Waals surface area (Å²) in [6.07, 6.45) is 0.605. The van der Waals surface area contributed by atoms with E-state index < -0.39 is 0 Å². The number of hydrogen-bond acceptors (Lipinski definition) is 2.